The molecule has 0 atom stereocenters. The zero-order valence-corrected chi connectivity index (χ0v) is 9.25. The molecule has 0 heterocycles. The van der Waals surface area contributed by atoms with Crippen LogP contribution in [-0.4, -0.2) is 17.4 Å². The predicted molar refractivity (Wildman–Crippen MR) is 60.5 cm³/mol. The summed E-state index contributed by atoms with van der Waals surface area (Å²) in [5, 5.41) is 13.1. The van der Waals surface area contributed by atoms with Crippen molar-refractivity contribution in [3.8, 4) is 0 Å². The standard InChI is InChI=1S/C9H10ClN3O3/c1-2-12-9(14)6-3-5(13(15)16)4-7(10)8(6)11/h3-4H,2,11H2,1H3,(H,12,14). The van der Waals surface area contributed by atoms with Gasteiger partial charge < -0.3 is 11.1 Å². The number of nitro groups is 1. The molecule has 0 radical (unpaired) electrons. The van der Waals surface area contributed by atoms with E-state index in [1.807, 2.05) is 0 Å². The van der Waals surface area contributed by atoms with Crippen LogP contribution in [0.25, 0.3) is 0 Å². The highest BCUT2D eigenvalue weighted by Gasteiger charge is 2.18. The van der Waals surface area contributed by atoms with Crippen LogP contribution in [0.4, 0.5) is 11.4 Å². The van der Waals surface area contributed by atoms with Crippen molar-refractivity contribution in [3.63, 3.8) is 0 Å². The zero-order valence-electron chi connectivity index (χ0n) is 8.49. The molecule has 7 heteroatoms. The molecule has 86 valence electrons. The van der Waals surface area contributed by atoms with Crippen molar-refractivity contribution in [1.82, 2.24) is 5.32 Å². The summed E-state index contributed by atoms with van der Waals surface area (Å²) in [5.41, 5.74) is 5.36. The Labute approximate surface area is 96.5 Å². The highest BCUT2D eigenvalue weighted by atomic mass is 35.5. The van der Waals surface area contributed by atoms with Gasteiger partial charge in [0, 0.05) is 18.7 Å². The normalized spacial score (nSPS) is 9.88. The SMILES string of the molecule is CCNC(=O)c1cc([N+](=O)[O-])cc(Cl)c1N. The Balaban J connectivity index is 3.26. The van der Waals surface area contributed by atoms with E-state index >= 15 is 0 Å². The molecule has 0 aliphatic carbocycles. The molecule has 0 aliphatic heterocycles. The number of nitrogens with two attached hydrogens (primary N) is 1. The third-order valence-electron chi connectivity index (χ3n) is 1.91. The van der Waals surface area contributed by atoms with E-state index in [1.165, 1.54) is 0 Å². The molecule has 0 saturated carbocycles. The molecule has 1 rings (SSSR count). The molecule has 1 aromatic carbocycles. The van der Waals surface area contributed by atoms with Crippen LogP contribution in [0.3, 0.4) is 0 Å². The molecule has 0 aromatic heterocycles. The number of nitrogens with zero attached hydrogens (tertiary/aromatic N) is 1. The fourth-order valence-electron chi connectivity index (χ4n) is 1.15. The maximum absolute atomic E-state index is 11.5. The maximum Gasteiger partial charge on any atom is 0.271 e. The first-order valence-electron chi connectivity index (χ1n) is 4.49. The third kappa shape index (κ3) is 2.40. The molecule has 3 N–H and O–H groups in total. The second kappa shape index (κ2) is 4.80. The quantitative estimate of drug-likeness (QED) is 0.478. The Kier molecular flexibility index (Phi) is 3.68. The van der Waals surface area contributed by atoms with Crippen LogP contribution in [0.1, 0.15) is 17.3 Å². The Morgan fingerprint density at radius 3 is 2.75 bits per heavy atom. The third-order valence-corrected chi connectivity index (χ3v) is 2.22. The average molecular weight is 244 g/mol. The molecule has 0 spiro atoms. The molecule has 6 nitrogen and oxygen atoms in total. The van der Waals surface area contributed by atoms with Gasteiger partial charge in [0.1, 0.15) is 0 Å². The van der Waals surface area contributed by atoms with Gasteiger partial charge in [-0.25, -0.2) is 0 Å². The largest absolute Gasteiger partial charge is 0.397 e. The lowest BCUT2D eigenvalue weighted by Crippen LogP contribution is -2.23. The summed E-state index contributed by atoms with van der Waals surface area (Å²) in [4.78, 5) is 21.5. The summed E-state index contributed by atoms with van der Waals surface area (Å²) in [6.07, 6.45) is 0. The van der Waals surface area contributed by atoms with Gasteiger partial charge in [-0.1, -0.05) is 11.6 Å². The molecule has 0 saturated heterocycles. The van der Waals surface area contributed by atoms with Crippen molar-refractivity contribution in [2.75, 3.05) is 12.3 Å². The van der Waals surface area contributed by atoms with E-state index in [-0.39, 0.29) is 22.0 Å². The Morgan fingerprint density at radius 1 is 1.62 bits per heavy atom. The second-order valence-corrected chi connectivity index (χ2v) is 3.41. The first-order valence-corrected chi connectivity index (χ1v) is 4.86. The van der Waals surface area contributed by atoms with Crippen LogP contribution in [0.2, 0.25) is 5.02 Å². The van der Waals surface area contributed by atoms with Crippen molar-refractivity contribution < 1.29 is 9.72 Å². The molecular weight excluding hydrogens is 234 g/mol. The maximum atomic E-state index is 11.5. The number of amides is 1. The monoisotopic (exact) mass is 243 g/mol. The molecular formula is C9H10ClN3O3. The lowest BCUT2D eigenvalue weighted by Gasteiger charge is -2.07. The number of rotatable bonds is 3. The highest BCUT2D eigenvalue weighted by molar-refractivity contribution is 6.34. The van der Waals surface area contributed by atoms with E-state index in [0.29, 0.717) is 6.54 Å². The molecule has 0 aliphatic rings. The van der Waals surface area contributed by atoms with Crippen LogP contribution < -0.4 is 11.1 Å². The van der Waals surface area contributed by atoms with Gasteiger partial charge in [0.2, 0.25) is 0 Å². The van der Waals surface area contributed by atoms with Crippen LogP contribution in [-0.2, 0) is 0 Å². The molecule has 0 fully saturated rings. The van der Waals surface area contributed by atoms with E-state index in [4.69, 9.17) is 17.3 Å². The van der Waals surface area contributed by atoms with Gasteiger partial charge in [-0.05, 0) is 6.92 Å². The van der Waals surface area contributed by atoms with Crippen LogP contribution >= 0.6 is 11.6 Å². The summed E-state index contributed by atoms with van der Waals surface area (Å²) in [6, 6.07) is 2.21. The number of anilines is 1. The number of halogens is 1. The van der Waals surface area contributed by atoms with Crippen molar-refractivity contribution in [1.29, 1.82) is 0 Å². The Hall–Kier alpha value is -1.82. The van der Waals surface area contributed by atoms with Crippen molar-refractivity contribution in [3.05, 3.63) is 32.8 Å². The molecule has 1 aromatic rings. The summed E-state index contributed by atoms with van der Waals surface area (Å²) in [5.74, 6) is -0.481. The lowest BCUT2D eigenvalue weighted by molar-refractivity contribution is -0.384. The predicted octanol–water partition coefficient (Wildman–Crippen LogP) is 1.58. The number of carbonyl (C=O) groups is 1. The summed E-state index contributed by atoms with van der Waals surface area (Å²) < 4.78 is 0. The number of hydrogen-bond donors (Lipinski definition) is 2. The number of non-ortho nitro benzene ring substituents is 1. The van der Waals surface area contributed by atoms with Gasteiger partial charge >= 0.3 is 0 Å². The van der Waals surface area contributed by atoms with E-state index < -0.39 is 10.8 Å². The van der Waals surface area contributed by atoms with Crippen molar-refractivity contribution >= 4 is 28.9 Å². The molecule has 0 unspecified atom stereocenters. The van der Waals surface area contributed by atoms with E-state index in [0.717, 1.165) is 12.1 Å². The lowest BCUT2D eigenvalue weighted by atomic mass is 10.1. The number of nitro benzene ring substituents is 1. The number of nitrogen functional groups attached to an aromatic ring is 1. The number of benzene rings is 1. The fourth-order valence-corrected chi connectivity index (χ4v) is 1.37. The van der Waals surface area contributed by atoms with Gasteiger partial charge in [-0.3, -0.25) is 14.9 Å². The minimum absolute atomic E-state index is 0.00421. The smallest absolute Gasteiger partial charge is 0.271 e. The zero-order chi connectivity index (χ0) is 12.3. The summed E-state index contributed by atoms with van der Waals surface area (Å²) >= 11 is 5.70. The van der Waals surface area contributed by atoms with E-state index in [2.05, 4.69) is 5.32 Å². The number of carbonyl (C=O) groups excluding carboxylic acids is 1. The summed E-state index contributed by atoms with van der Waals surface area (Å²) in [7, 11) is 0. The Morgan fingerprint density at radius 2 is 2.25 bits per heavy atom. The van der Waals surface area contributed by atoms with Crippen LogP contribution in [0.15, 0.2) is 12.1 Å². The van der Waals surface area contributed by atoms with Crippen molar-refractivity contribution in [2.45, 2.75) is 6.92 Å². The minimum Gasteiger partial charge on any atom is -0.397 e. The summed E-state index contributed by atoms with van der Waals surface area (Å²) in [6.45, 7) is 2.13. The Bertz CT molecular complexity index is 448. The average Bonchev–Trinajstić information content (AvgIpc) is 2.21. The van der Waals surface area contributed by atoms with Gasteiger partial charge in [0.15, 0.2) is 0 Å². The van der Waals surface area contributed by atoms with Gasteiger partial charge in [0.25, 0.3) is 11.6 Å². The van der Waals surface area contributed by atoms with Crippen LogP contribution in [0.5, 0.6) is 0 Å². The molecule has 16 heavy (non-hydrogen) atoms. The first kappa shape index (κ1) is 12.3. The fraction of sp³-hybridized carbons (Fsp3) is 0.222. The minimum atomic E-state index is -0.631. The first-order chi connectivity index (χ1) is 7.47. The van der Waals surface area contributed by atoms with E-state index in [9.17, 15) is 14.9 Å². The van der Waals surface area contributed by atoms with Gasteiger partial charge in [-0.2, -0.15) is 0 Å². The number of hydrogen-bond acceptors (Lipinski definition) is 4. The van der Waals surface area contributed by atoms with E-state index in [1.54, 1.807) is 6.92 Å². The highest BCUT2D eigenvalue weighted by Crippen LogP contribution is 2.28. The molecule has 0 bridgehead atoms. The van der Waals surface area contributed by atoms with Gasteiger partial charge in [-0.15, -0.1) is 0 Å². The van der Waals surface area contributed by atoms with Gasteiger partial charge in [0.05, 0.1) is 21.2 Å². The topological polar surface area (TPSA) is 98.3 Å². The van der Waals surface area contributed by atoms with Crippen LogP contribution in [0, 0.1) is 10.1 Å². The number of nitrogens with one attached hydrogen (secondary N) is 1. The van der Waals surface area contributed by atoms with Crippen molar-refractivity contribution in [2.24, 2.45) is 0 Å². The molecule has 1 amide bonds. The second-order valence-electron chi connectivity index (χ2n) is 3.01.